The number of fused-ring (bicyclic) bond motifs is 1. The summed E-state index contributed by atoms with van der Waals surface area (Å²) in [5.74, 6) is -2.05. The Morgan fingerprint density at radius 2 is 1.85 bits per heavy atom. The molecule has 1 aromatic carbocycles. The first kappa shape index (κ1) is 28.3. The van der Waals surface area contributed by atoms with Crippen LogP contribution < -0.4 is 16.0 Å². The van der Waals surface area contributed by atoms with Crippen LogP contribution in [0, 0.1) is 5.92 Å². The van der Waals surface area contributed by atoms with E-state index in [9.17, 15) is 19.2 Å². The molecule has 3 aromatic heterocycles. The summed E-state index contributed by atoms with van der Waals surface area (Å²) in [5, 5.41) is 17.7. The number of halogens is 1. The molecule has 0 fully saturated rings. The molecule has 0 spiro atoms. The Balaban J connectivity index is 1.42. The van der Waals surface area contributed by atoms with Gasteiger partial charge in [0, 0.05) is 18.5 Å². The van der Waals surface area contributed by atoms with Crippen LogP contribution in [0.1, 0.15) is 48.4 Å². The Bertz CT molecular complexity index is 1480. The molecule has 10 nitrogen and oxygen atoms in total. The van der Waals surface area contributed by atoms with E-state index >= 15 is 0 Å². The van der Waals surface area contributed by atoms with Crippen molar-refractivity contribution < 1.29 is 23.9 Å². The molecule has 4 aromatic rings. The largest absolute Gasteiger partial charge is 0.464 e. The molecule has 39 heavy (non-hydrogen) atoms. The van der Waals surface area contributed by atoms with Crippen LogP contribution >= 0.6 is 34.3 Å². The maximum Gasteiger partial charge on any atom is 0.330 e. The van der Waals surface area contributed by atoms with E-state index in [-0.39, 0.29) is 46.3 Å². The van der Waals surface area contributed by atoms with E-state index < -0.39 is 23.8 Å². The first-order valence-corrected chi connectivity index (χ1v) is 14.1. The Kier molecular flexibility index (Phi) is 9.33. The monoisotopic (exact) mass is 587 g/mol. The number of hydrogen-bond acceptors (Lipinski definition) is 8. The number of nitrogens with one attached hydrogen (secondary N) is 4. The first-order chi connectivity index (χ1) is 18.7. The zero-order chi connectivity index (χ0) is 27.9. The highest BCUT2D eigenvalue weighted by atomic mass is 35.5. The number of carbonyl (C=O) groups excluding carboxylic acids is 4. The summed E-state index contributed by atoms with van der Waals surface area (Å²) in [6.45, 7) is 3.98. The summed E-state index contributed by atoms with van der Waals surface area (Å²) in [7, 11) is 0. The maximum absolute atomic E-state index is 13.1. The lowest BCUT2D eigenvalue weighted by Crippen LogP contribution is -2.49. The molecule has 0 bridgehead atoms. The minimum atomic E-state index is -1.16. The van der Waals surface area contributed by atoms with Gasteiger partial charge in [0.25, 0.3) is 17.7 Å². The predicted octanol–water partition coefficient (Wildman–Crippen LogP) is 4.00. The number of carbonyl (C=O) groups is 4. The van der Waals surface area contributed by atoms with Gasteiger partial charge in [-0.05, 0) is 35.1 Å². The van der Waals surface area contributed by atoms with E-state index in [4.69, 9.17) is 16.3 Å². The quantitative estimate of drug-likeness (QED) is 0.195. The number of aromatic amines is 1. The summed E-state index contributed by atoms with van der Waals surface area (Å²) < 4.78 is 5.29. The van der Waals surface area contributed by atoms with Gasteiger partial charge in [-0.2, -0.15) is 5.10 Å². The van der Waals surface area contributed by atoms with Crippen LogP contribution in [0.3, 0.4) is 0 Å². The number of aromatic nitrogens is 2. The summed E-state index contributed by atoms with van der Waals surface area (Å²) in [5.41, 5.74) is 1.73. The lowest BCUT2D eigenvalue weighted by Gasteiger charge is -2.18. The minimum absolute atomic E-state index is 0.0602. The van der Waals surface area contributed by atoms with Gasteiger partial charge >= 0.3 is 5.97 Å². The highest BCUT2D eigenvalue weighted by molar-refractivity contribution is 7.16. The molecular weight excluding hydrogens is 562 g/mol. The third-order valence-electron chi connectivity index (χ3n) is 5.49. The van der Waals surface area contributed by atoms with Crippen molar-refractivity contribution in [2.75, 3.05) is 13.2 Å². The average molecular weight is 588 g/mol. The van der Waals surface area contributed by atoms with E-state index in [2.05, 4.69) is 26.1 Å². The molecule has 0 unspecified atom stereocenters. The highest BCUT2D eigenvalue weighted by Gasteiger charge is 2.27. The predicted molar refractivity (Wildman–Crippen MR) is 150 cm³/mol. The fourth-order valence-electron chi connectivity index (χ4n) is 3.54. The topological polar surface area (TPSA) is 142 Å². The Labute approximate surface area is 237 Å². The summed E-state index contributed by atoms with van der Waals surface area (Å²) in [4.78, 5) is 51.7. The second-order valence-corrected chi connectivity index (χ2v) is 11.4. The van der Waals surface area contributed by atoms with E-state index in [1.807, 2.05) is 32.0 Å². The Morgan fingerprint density at radius 3 is 2.59 bits per heavy atom. The van der Waals surface area contributed by atoms with Crippen LogP contribution in [-0.2, 0) is 16.1 Å². The zero-order valence-corrected chi connectivity index (χ0v) is 23.5. The molecule has 4 N–H and O–H groups in total. The number of rotatable bonds is 11. The molecule has 1 atom stereocenters. The van der Waals surface area contributed by atoms with Crippen LogP contribution in [0.25, 0.3) is 10.9 Å². The number of nitrogens with zero attached hydrogens (tertiary/aromatic N) is 1. The number of ether oxygens (including phenoxy) is 1. The highest BCUT2D eigenvalue weighted by Crippen LogP contribution is 2.27. The van der Waals surface area contributed by atoms with Crippen molar-refractivity contribution in [3.63, 3.8) is 0 Å². The van der Waals surface area contributed by atoms with Gasteiger partial charge in [-0.15, -0.1) is 22.7 Å². The van der Waals surface area contributed by atoms with E-state index in [0.717, 1.165) is 27.8 Å². The van der Waals surface area contributed by atoms with Gasteiger partial charge in [-0.3, -0.25) is 19.5 Å². The Hall–Kier alpha value is -3.74. The van der Waals surface area contributed by atoms with Gasteiger partial charge in [0.05, 0.1) is 33.1 Å². The molecule has 204 valence electrons. The van der Waals surface area contributed by atoms with Crippen molar-refractivity contribution in [2.45, 2.75) is 26.4 Å². The van der Waals surface area contributed by atoms with Gasteiger partial charge in [0.15, 0.2) is 0 Å². The molecule has 0 saturated heterocycles. The van der Waals surface area contributed by atoms with Crippen molar-refractivity contribution in [2.24, 2.45) is 5.92 Å². The first-order valence-electron chi connectivity index (χ1n) is 12.0. The second-order valence-electron chi connectivity index (χ2n) is 8.96. The third kappa shape index (κ3) is 7.22. The van der Waals surface area contributed by atoms with Gasteiger partial charge < -0.3 is 20.7 Å². The van der Waals surface area contributed by atoms with Gasteiger partial charge in [-0.25, -0.2) is 4.79 Å². The van der Waals surface area contributed by atoms with Crippen LogP contribution in [0.2, 0.25) is 5.02 Å². The fourth-order valence-corrected chi connectivity index (χ4v) is 5.42. The number of hydrogen-bond donors (Lipinski definition) is 4. The molecule has 0 aliphatic heterocycles. The fraction of sp³-hybridized carbons (Fsp3) is 0.269. The standard InChI is InChI=1S/C26H26ClN5O5S2/c1-14(2)13-37-26(36)19(12-29-23(33)20-7-4-8-38-20)31-25(35)22-17(27)9-21(39-22)24(34)28-10-15-5-3-6-18-16(15)11-30-32-18/h3-9,11,14,19H,10,12-13H2,1-2H3,(H,28,34)(H,29,33)(H,30,32)(H,31,35)/t19-/m0/s1. The third-order valence-corrected chi connectivity index (χ3v) is 7.90. The van der Waals surface area contributed by atoms with E-state index in [1.165, 1.54) is 17.4 Å². The maximum atomic E-state index is 13.1. The van der Waals surface area contributed by atoms with Crippen LogP contribution in [0.4, 0.5) is 0 Å². The Morgan fingerprint density at radius 1 is 1.05 bits per heavy atom. The van der Waals surface area contributed by atoms with Gasteiger partial charge in [0.2, 0.25) is 0 Å². The van der Waals surface area contributed by atoms with Crippen molar-refractivity contribution in [1.29, 1.82) is 0 Å². The lowest BCUT2D eigenvalue weighted by molar-refractivity contribution is -0.146. The van der Waals surface area contributed by atoms with Crippen LogP contribution in [0.5, 0.6) is 0 Å². The van der Waals surface area contributed by atoms with Crippen molar-refractivity contribution in [1.82, 2.24) is 26.1 Å². The number of thiophene rings is 2. The molecule has 0 radical (unpaired) electrons. The summed E-state index contributed by atoms with van der Waals surface area (Å²) in [6, 6.07) is 9.26. The second kappa shape index (κ2) is 12.9. The van der Waals surface area contributed by atoms with Crippen molar-refractivity contribution in [3.8, 4) is 0 Å². The van der Waals surface area contributed by atoms with E-state index in [1.54, 1.807) is 23.7 Å². The molecule has 0 aliphatic rings. The molecule has 3 amide bonds. The number of amides is 3. The van der Waals surface area contributed by atoms with Crippen molar-refractivity contribution in [3.05, 3.63) is 73.2 Å². The normalized spacial score (nSPS) is 11.8. The smallest absolute Gasteiger partial charge is 0.330 e. The lowest BCUT2D eigenvalue weighted by atomic mass is 10.1. The summed E-state index contributed by atoms with van der Waals surface area (Å²) in [6.07, 6.45) is 1.69. The van der Waals surface area contributed by atoms with Crippen molar-refractivity contribution >= 4 is 68.9 Å². The zero-order valence-electron chi connectivity index (χ0n) is 21.1. The molecule has 3 heterocycles. The summed E-state index contributed by atoms with van der Waals surface area (Å²) >= 11 is 8.45. The van der Waals surface area contributed by atoms with E-state index in [0.29, 0.717) is 4.88 Å². The molecular formula is C26H26ClN5O5S2. The number of H-pyrrole nitrogens is 1. The average Bonchev–Trinajstić information content (AvgIpc) is 3.69. The van der Waals surface area contributed by atoms with Gasteiger partial charge in [-0.1, -0.05) is 43.6 Å². The molecule has 0 saturated carbocycles. The SMILES string of the molecule is CC(C)COC(=O)[C@H](CNC(=O)c1cccs1)NC(=O)c1sc(C(=O)NCc2cccc3[nH]ncc23)cc1Cl. The van der Waals surface area contributed by atoms with Crippen LogP contribution in [-0.4, -0.2) is 53.1 Å². The molecule has 4 rings (SSSR count). The number of esters is 1. The number of benzene rings is 1. The van der Waals surface area contributed by atoms with Gasteiger partial charge in [0.1, 0.15) is 10.9 Å². The van der Waals surface area contributed by atoms with Crippen LogP contribution in [0.15, 0.2) is 48.0 Å². The molecule has 13 heteroatoms. The minimum Gasteiger partial charge on any atom is -0.464 e. The molecule has 0 aliphatic carbocycles.